The summed E-state index contributed by atoms with van der Waals surface area (Å²) < 4.78 is 19.0. The van der Waals surface area contributed by atoms with Gasteiger partial charge in [-0.25, -0.2) is 9.18 Å². The third kappa shape index (κ3) is 4.50. The van der Waals surface area contributed by atoms with Gasteiger partial charge in [-0.05, 0) is 44.9 Å². The maximum Gasteiger partial charge on any atom is 0.407 e. The van der Waals surface area contributed by atoms with E-state index in [-0.39, 0.29) is 11.7 Å². The molecule has 2 rings (SSSR count). The first-order chi connectivity index (χ1) is 10.8. The second-order valence-electron chi connectivity index (χ2n) is 6.37. The molecular formula is C15H20FN5O2. The van der Waals surface area contributed by atoms with Crippen molar-refractivity contribution >= 4 is 17.5 Å². The number of hydrogen-bond acceptors (Lipinski definition) is 4. The van der Waals surface area contributed by atoms with Gasteiger partial charge < -0.3 is 15.0 Å². The molecule has 1 aromatic rings. The molecule has 0 bridgehead atoms. The van der Waals surface area contributed by atoms with Crippen LogP contribution in [-0.2, 0) is 4.74 Å². The van der Waals surface area contributed by atoms with E-state index in [9.17, 15) is 9.18 Å². The highest BCUT2D eigenvalue weighted by molar-refractivity contribution is 5.70. The zero-order valence-electron chi connectivity index (χ0n) is 13.4. The zero-order chi connectivity index (χ0) is 17.0. The summed E-state index contributed by atoms with van der Waals surface area (Å²) >= 11 is 0. The van der Waals surface area contributed by atoms with Gasteiger partial charge in [-0.2, -0.15) is 0 Å². The molecule has 0 spiro atoms. The van der Waals surface area contributed by atoms with Crippen molar-refractivity contribution in [3.8, 4) is 0 Å². The molecule has 1 heterocycles. The average Bonchev–Trinajstić information content (AvgIpc) is 2.87. The number of nitrogens with zero attached hydrogens (tertiary/aromatic N) is 4. The van der Waals surface area contributed by atoms with Crippen LogP contribution in [0.2, 0.25) is 0 Å². The van der Waals surface area contributed by atoms with Crippen LogP contribution >= 0.6 is 0 Å². The van der Waals surface area contributed by atoms with Crippen molar-refractivity contribution in [1.29, 1.82) is 0 Å². The van der Waals surface area contributed by atoms with E-state index in [1.54, 1.807) is 32.9 Å². The maximum absolute atomic E-state index is 13.8. The summed E-state index contributed by atoms with van der Waals surface area (Å²) in [5, 5.41) is 6.24. The van der Waals surface area contributed by atoms with Crippen LogP contribution in [0.1, 0.15) is 27.2 Å². The number of rotatable bonds is 3. The third-order valence-corrected chi connectivity index (χ3v) is 3.36. The van der Waals surface area contributed by atoms with Gasteiger partial charge >= 0.3 is 6.09 Å². The van der Waals surface area contributed by atoms with Gasteiger partial charge in [-0.15, -0.1) is 0 Å². The topological polar surface area (TPSA) is 90.3 Å². The van der Waals surface area contributed by atoms with Gasteiger partial charge in [0.05, 0.1) is 11.7 Å². The number of alkyl carbamates (subject to hydrolysis) is 1. The van der Waals surface area contributed by atoms with Gasteiger partial charge in [0.25, 0.3) is 0 Å². The number of nitrogens with one attached hydrogen (secondary N) is 1. The minimum absolute atomic E-state index is 0.0204. The molecular weight excluding hydrogens is 301 g/mol. The van der Waals surface area contributed by atoms with Crippen LogP contribution in [0.25, 0.3) is 10.4 Å². The van der Waals surface area contributed by atoms with E-state index in [1.165, 1.54) is 6.07 Å². The van der Waals surface area contributed by atoms with E-state index >= 15 is 0 Å². The Morgan fingerprint density at radius 1 is 1.52 bits per heavy atom. The molecule has 1 amide bonds. The first-order valence-electron chi connectivity index (χ1n) is 7.38. The lowest BCUT2D eigenvalue weighted by atomic mass is 10.2. The van der Waals surface area contributed by atoms with E-state index in [0.29, 0.717) is 25.2 Å². The fourth-order valence-electron chi connectivity index (χ4n) is 2.47. The smallest absolute Gasteiger partial charge is 0.407 e. The number of benzene rings is 1. The van der Waals surface area contributed by atoms with Gasteiger partial charge in [0.1, 0.15) is 11.4 Å². The monoisotopic (exact) mass is 321 g/mol. The summed E-state index contributed by atoms with van der Waals surface area (Å²) in [7, 11) is 0. The molecule has 1 unspecified atom stereocenters. The van der Waals surface area contributed by atoms with Gasteiger partial charge in [-0.1, -0.05) is 11.2 Å². The number of carbonyl (C=O) groups is 1. The Hall–Kier alpha value is -2.47. The van der Waals surface area contributed by atoms with Crippen molar-refractivity contribution in [2.75, 3.05) is 18.0 Å². The highest BCUT2D eigenvalue weighted by atomic mass is 19.1. The Morgan fingerprint density at radius 2 is 2.26 bits per heavy atom. The maximum atomic E-state index is 13.8. The number of amides is 1. The van der Waals surface area contributed by atoms with Gasteiger partial charge in [0.2, 0.25) is 0 Å². The van der Waals surface area contributed by atoms with Crippen LogP contribution in [0.4, 0.5) is 20.6 Å². The lowest BCUT2D eigenvalue weighted by Crippen LogP contribution is -2.40. The number of azide groups is 1. The van der Waals surface area contributed by atoms with Crippen LogP contribution in [0.5, 0.6) is 0 Å². The predicted octanol–water partition coefficient (Wildman–Crippen LogP) is 3.87. The third-order valence-electron chi connectivity index (χ3n) is 3.36. The highest BCUT2D eigenvalue weighted by Crippen LogP contribution is 2.33. The molecule has 1 fully saturated rings. The number of carbonyl (C=O) groups excluding carboxylic acids is 1. The number of halogens is 1. The van der Waals surface area contributed by atoms with Gasteiger partial charge in [-0.3, -0.25) is 0 Å². The molecule has 1 atom stereocenters. The summed E-state index contributed by atoms with van der Waals surface area (Å²) in [4.78, 5) is 16.4. The van der Waals surface area contributed by atoms with E-state index < -0.39 is 17.5 Å². The average molecular weight is 321 g/mol. The largest absolute Gasteiger partial charge is 0.444 e. The zero-order valence-corrected chi connectivity index (χ0v) is 13.4. The SMILES string of the molecule is CC(C)(C)OC(=O)NC1CCN(c2cccc(F)c2N=[N+]=[N-])C1. The van der Waals surface area contributed by atoms with Crippen molar-refractivity contribution in [3.05, 3.63) is 34.5 Å². The van der Waals surface area contributed by atoms with E-state index in [1.807, 2.05) is 4.90 Å². The molecule has 0 aromatic heterocycles. The summed E-state index contributed by atoms with van der Waals surface area (Å²) in [5.41, 5.74) is 8.54. The normalized spacial score (nSPS) is 17.6. The fourth-order valence-corrected chi connectivity index (χ4v) is 2.47. The second-order valence-corrected chi connectivity index (χ2v) is 6.37. The molecule has 7 nitrogen and oxygen atoms in total. The molecule has 0 aliphatic carbocycles. The summed E-state index contributed by atoms with van der Waals surface area (Å²) in [6.45, 7) is 6.51. The minimum atomic E-state index is -0.566. The minimum Gasteiger partial charge on any atom is -0.444 e. The van der Waals surface area contributed by atoms with Crippen LogP contribution < -0.4 is 10.2 Å². The molecule has 1 aromatic carbocycles. The van der Waals surface area contributed by atoms with Crippen LogP contribution in [0, 0.1) is 5.82 Å². The van der Waals surface area contributed by atoms with Crippen molar-refractivity contribution < 1.29 is 13.9 Å². The number of ether oxygens (including phenoxy) is 1. The van der Waals surface area contributed by atoms with Crippen molar-refractivity contribution in [1.82, 2.24) is 5.32 Å². The van der Waals surface area contributed by atoms with Crippen LogP contribution in [-0.4, -0.2) is 30.8 Å². The van der Waals surface area contributed by atoms with E-state index in [0.717, 1.165) is 0 Å². The van der Waals surface area contributed by atoms with Crippen LogP contribution in [0.15, 0.2) is 23.3 Å². The Morgan fingerprint density at radius 3 is 2.91 bits per heavy atom. The second kappa shape index (κ2) is 6.75. The molecule has 1 N–H and O–H groups in total. The summed E-state index contributed by atoms with van der Waals surface area (Å²) in [6, 6.07) is 4.41. The van der Waals surface area contributed by atoms with Crippen LogP contribution in [0.3, 0.4) is 0 Å². The molecule has 1 saturated heterocycles. The highest BCUT2D eigenvalue weighted by Gasteiger charge is 2.27. The molecule has 8 heteroatoms. The molecule has 23 heavy (non-hydrogen) atoms. The first-order valence-corrected chi connectivity index (χ1v) is 7.38. The predicted molar refractivity (Wildman–Crippen MR) is 85.2 cm³/mol. The lowest BCUT2D eigenvalue weighted by Gasteiger charge is -2.23. The lowest BCUT2D eigenvalue weighted by molar-refractivity contribution is 0.0509. The van der Waals surface area contributed by atoms with Gasteiger partial charge in [0.15, 0.2) is 0 Å². The molecule has 124 valence electrons. The first kappa shape index (κ1) is 16.9. The van der Waals surface area contributed by atoms with Crippen molar-refractivity contribution in [3.63, 3.8) is 0 Å². The Labute approximate surface area is 134 Å². The Balaban J connectivity index is 2.05. The van der Waals surface area contributed by atoms with Crippen molar-refractivity contribution in [2.45, 2.75) is 38.8 Å². The molecule has 1 aliphatic heterocycles. The van der Waals surface area contributed by atoms with E-state index in [4.69, 9.17) is 10.3 Å². The molecule has 0 saturated carbocycles. The Bertz CT molecular complexity index is 637. The summed E-state index contributed by atoms with van der Waals surface area (Å²) in [6.07, 6.45) is 0.227. The number of anilines is 1. The fraction of sp³-hybridized carbons (Fsp3) is 0.533. The summed E-state index contributed by atoms with van der Waals surface area (Å²) in [5.74, 6) is -0.566. The quantitative estimate of drug-likeness (QED) is 0.520. The van der Waals surface area contributed by atoms with Crippen molar-refractivity contribution in [2.24, 2.45) is 5.11 Å². The van der Waals surface area contributed by atoms with Gasteiger partial charge in [0, 0.05) is 23.7 Å². The standard InChI is InChI=1S/C15H20FN5O2/c1-15(2,3)23-14(22)18-10-7-8-21(9-10)12-6-4-5-11(16)13(12)19-20-17/h4-6,10H,7-9H2,1-3H3,(H,18,22). The molecule has 0 radical (unpaired) electrons. The molecule has 1 aliphatic rings. The number of hydrogen-bond donors (Lipinski definition) is 1. The van der Waals surface area contributed by atoms with E-state index in [2.05, 4.69) is 15.3 Å². The Kier molecular flexibility index (Phi) is 4.95.